The van der Waals surface area contributed by atoms with Crippen molar-refractivity contribution in [2.45, 2.75) is 26.0 Å². The van der Waals surface area contributed by atoms with Crippen LogP contribution in [0.4, 0.5) is 4.39 Å². The van der Waals surface area contributed by atoms with E-state index in [0.29, 0.717) is 36.0 Å². The number of aromatic nitrogens is 1. The standard InChI is InChI=1S/C21H18ClFN2O3/c1-13(27-17-8-4-15(22)5-9-17)21(26)25-11-10-19-18(12-25)20(28-24-19)14-2-6-16(23)7-3-14/h2-9,13H,10-12H2,1H3. The van der Waals surface area contributed by atoms with E-state index in [-0.39, 0.29) is 11.7 Å². The molecule has 1 amide bonds. The Morgan fingerprint density at radius 1 is 1.21 bits per heavy atom. The highest BCUT2D eigenvalue weighted by Crippen LogP contribution is 2.31. The molecular formula is C21H18ClFN2O3. The van der Waals surface area contributed by atoms with Gasteiger partial charge in [0.2, 0.25) is 0 Å². The van der Waals surface area contributed by atoms with Crippen molar-refractivity contribution in [2.75, 3.05) is 6.54 Å². The third kappa shape index (κ3) is 3.73. The Morgan fingerprint density at radius 2 is 1.93 bits per heavy atom. The predicted molar refractivity (Wildman–Crippen MR) is 103 cm³/mol. The molecule has 1 aliphatic heterocycles. The molecule has 0 saturated heterocycles. The molecule has 0 N–H and O–H groups in total. The Balaban J connectivity index is 1.50. The Labute approximate surface area is 166 Å². The zero-order valence-electron chi connectivity index (χ0n) is 15.2. The van der Waals surface area contributed by atoms with Crippen molar-refractivity contribution in [3.63, 3.8) is 0 Å². The van der Waals surface area contributed by atoms with Crippen LogP contribution < -0.4 is 4.74 Å². The van der Waals surface area contributed by atoms with Gasteiger partial charge in [0.25, 0.3) is 5.91 Å². The molecule has 7 heteroatoms. The highest BCUT2D eigenvalue weighted by atomic mass is 35.5. The number of benzene rings is 2. The number of hydrogen-bond donors (Lipinski definition) is 0. The second-order valence-corrected chi connectivity index (χ2v) is 7.10. The van der Waals surface area contributed by atoms with Gasteiger partial charge in [0.1, 0.15) is 11.6 Å². The van der Waals surface area contributed by atoms with E-state index in [2.05, 4.69) is 5.16 Å². The number of amides is 1. The normalized spacial score (nSPS) is 14.5. The summed E-state index contributed by atoms with van der Waals surface area (Å²) in [6.07, 6.45) is -0.0451. The summed E-state index contributed by atoms with van der Waals surface area (Å²) in [5, 5.41) is 4.73. The molecule has 5 nitrogen and oxygen atoms in total. The minimum absolute atomic E-state index is 0.119. The summed E-state index contributed by atoms with van der Waals surface area (Å²) in [6, 6.07) is 12.9. The van der Waals surface area contributed by atoms with Crippen molar-refractivity contribution in [3.05, 3.63) is 70.6 Å². The van der Waals surface area contributed by atoms with Crippen molar-refractivity contribution in [1.82, 2.24) is 10.1 Å². The third-order valence-corrected chi connectivity index (χ3v) is 4.98. The summed E-state index contributed by atoms with van der Waals surface area (Å²) in [7, 11) is 0. The van der Waals surface area contributed by atoms with Crippen LogP contribution in [0.25, 0.3) is 11.3 Å². The first kappa shape index (κ1) is 18.5. The monoisotopic (exact) mass is 400 g/mol. The quantitative estimate of drug-likeness (QED) is 0.647. The summed E-state index contributed by atoms with van der Waals surface area (Å²) >= 11 is 5.88. The third-order valence-electron chi connectivity index (χ3n) is 4.73. The zero-order chi connectivity index (χ0) is 19.7. The smallest absolute Gasteiger partial charge is 0.263 e. The predicted octanol–water partition coefficient (Wildman–Crippen LogP) is 4.49. The van der Waals surface area contributed by atoms with Gasteiger partial charge < -0.3 is 14.2 Å². The molecule has 1 aliphatic rings. The molecular weight excluding hydrogens is 383 g/mol. The van der Waals surface area contributed by atoms with Gasteiger partial charge in [-0.05, 0) is 55.5 Å². The summed E-state index contributed by atoms with van der Waals surface area (Å²) in [6.45, 7) is 2.63. The number of rotatable bonds is 4. The van der Waals surface area contributed by atoms with Crippen LogP contribution in [0.15, 0.2) is 53.1 Å². The van der Waals surface area contributed by atoms with Gasteiger partial charge in [-0.15, -0.1) is 0 Å². The first-order chi connectivity index (χ1) is 13.5. The molecule has 0 aliphatic carbocycles. The molecule has 0 bridgehead atoms. The molecule has 0 fully saturated rings. The fraction of sp³-hybridized carbons (Fsp3) is 0.238. The molecule has 1 atom stereocenters. The fourth-order valence-corrected chi connectivity index (χ4v) is 3.38. The van der Waals surface area contributed by atoms with Crippen LogP contribution in [0.2, 0.25) is 5.02 Å². The average Bonchev–Trinajstić information content (AvgIpc) is 3.13. The number of nitrogens with zero attached hydrogens (tertiary/aromatic N) is 2. The zero-order valence-corrected chi connectivity index (χ0v) is 15.9. The average molecular weight is 401 g/mol. The first-order valence-electron chi connectivity index (χ1n) is 8.95. The molecule has 1 unspecified atom stereocenters. The summed E-state index contributed by atoms with van der Waals surface area (Å²) in [5.41, 5.74) is 2.41. The maximum atomic E-state index is 13.2. The maximum Gasteiger partial charge on any atom is 0.263 e. The SMILES string of the molecule is CC(Oc1ccc(Cl)cc1)C(=O)N1CCc2noc(-c3ccc(F)cc3)c2C1. The molecule has 3 aromatic rings. The van der Waals surface area contributed by atoms with Crippen molar-refractivity contribution >= 4 is 17.5 Å². The second-order valence-electron chi connectivity index (χ2n) is 6.67. The van der Waals surface area contributed by atoms with Gasteiger partial charge in [0.05, 0.1) is 12.2 Å². The lowest BCUT2D eigenvalue weighted by molar-refractivity contribution is -0.138. The lowest BCUT2D eigenvalue weighted by atomic mass is 10.0. The molecule has 2 heterocycles. The Hall–Kier alpha value is -2.86. The van der Waals surface area contributed by atoms with E-state index < -0.39 is 6.10 Å². The highest BCUT2D eigenvalue weighted by Gasteiger charge is 2.30. The first-order valence-corrected chi connectivity index (χ1v) is 9.33. The van der Waals surface area contributed by atoms with E-state index in [4.69, 9.17) is 20.9 Å². The molecule has 144 valence electrons. The number of hydrogen-bond acceptors (Lipinski definition) is 4. The Bertz CT molecular complexity index is 986. The second kappa shape index (κ2) is 7.64. The number of carbonyl (C=O) groups excluding carboxylic acids is 1. The molecule has 28 heavy (non-hydrogen) atoms. The maximum absolute atomic E-state index is 13.2. The van der Waals surface area contributed by atoms with Crippen molar-refractivity contribution in [1.29, 1.82) is 0 Å². The van der Waals surface area contributed by atoms with Crippen LogP contribution in [-0.2, 0) is 17.8 Å². The fourth-order valence-electron chi connectivity index (χ4n) is 3.25. The van der Waals surface area contributed by atoms with Gasteiger partial charge in [-0.1, -0.05) is 16.8 Å². The van der Waals surface area contributed by atoms with Crippen LogP contribution in [0.3, 0.4) is 0 Å². The number of halogens is 2. The molecule has 0 radical (unpaired) electrons. The molecule has 0 spiro atoms. The Kier molecular flexibility index (Phi) is 5.05. The minimum atomic E-state index is -0.642. The van der Waals surface area contributed by atoms with E-state index in [1.807, 2.05) is 0 Å². The van der Waals surface area contributed by atoms with Gasteiger partial charge in [-0.3, -0.25) is 4.79 Å². The highest BCUT2D eigenvalue weighted by molar-refractivity contribution is 6.30. The number of ether oxygens (including phenoxy) is 1. The summed E-state index contributed by atoms with van der Waals surface area (Å²) < 4.78 is 24.4. The lowest BCUT2D eigenvalue weighted by Gasteiger charge is -2.29. The lowest BCUT2D eigenvalue weighted by Crippen LogP contribution is -2.43. The van der Waals surface area contributed by atoms with Gasteiger partial charge in [-0.2, -0.15) is 0 Å². The largest absolute Gasteiger partial charge is 0.481 e. The number of carbonyl (C=O) groups is 1. The molecule has 0 saturated carbocycles. The summed E-state index contributed by atoms with van der Waals surface area (Å²) in [4.78, 5) is 14.6. The van der Waals surface area contributed by atoms with E-state index in [1.54, 1.807) is 48.2 Å². The molecule has 1 aromatic heterocycles. The van der Waals surface area contributed by atoms with Crippen molar-refractivity contribution in [3.8, 4) is 17.1 Å². The van der Waals surface area contributed by atoms with E-state index in [1.165, 1.54) is 12.1 Å². The van der Waals surface area contributed by atoms with Crippen LogP contribution in [0.1, 0.15) is 18.2 Å². The summed E-state index contributed by atoms with van der Waals surface area (Å²) in [5.74, 6) is 0.715. The topological polar surface area (TPSA) is 55.6 Å². The van der Waals surface area contributed by atoms with Crippen LogP contribution in [-0.4, -0.2) is 28.6 Å². The Morgan fingerprint density at radius 3 is 2.64 bits per heavy atom. The van der Waals surface area contributed by atoms with Crippen LogP contribution >= 0.6 is 11.6 Å². The van der Waals surface area contributed by atoms with E-state index in [9.17, 15) is 9.18 Å². The minimum Gasteiger partial charge on any atom is -0.481 e. The number of fused-ring (bicyclic) bond motifs is 1. The van der Waals surface area contributed by atoms with Gasteiger partial charge in [-0.25, -0.2) is 4.39 Å². The van der Waals surface area contributed by atoms with Crippen LogP contribution in [0, 0.1) is 5.82 Å². The van der Waals surface area contributed by atoms with Crippen molar-refractivity contribution in [2.24, 2.45) is 0 Å². The van der Waals surface area contributed by atoms with Crippen molar-refractivity contribution < 1.29 is 18.4 Å². The van der Waals surface area contributed by atoms with Gasteiger partial charge in [0.15, 0.2) is 11.9 Å². The van der Waals surface area contributed by atoms with E-state index >= 15 is 0 Å². The van der Waals surface area contributed by atoms with E-state index in [0.717, 1.165) is 16.8 Å². The van der Waals surface area contributed by atoms with Gasteiger partial charge in [0, 0.05) is 29.1 Å². The molecule has 4 rings (SSSR count). The van der Waals surface area contributed by atoms with Crippen LogP contribution in [0.5, 0.6) is 5.75 Å². The van der Waals surface area contributed by atoms with Gasteiger partial charge >= 0.3 is 0 Å². The molecule has 2 aromatic carbocycles.